The Balaban J connectivity index is 1.53. The van der Waals surface area contributed by atoms with Gasteiger partial charge in [-0.2, -0.15) is 5.10 Å². The van der Waals surface area contributed by atoms with Gasteiger partial charge in [0.05, 0.1) is 24.1 Å². The number of pyridine rings is 2. The number of hydrogen-bond donors (Lipinski definition) is 0. The second kappa shape index (κ2) is 6.09. The molecule has 0 radical (unpaired) electrons. The van der Waals surface area contributed by atoms with Crippen LogP contribution in [0.1, 0.15) is 11.4 Å². The predicted molar refractivity (Wildman–Crippen MR) is 83.7 cm³/mol. The third kappa shape index (κ3) is 2.90. The van der Waals surface area contributed by atoms with Crippen molar-refractivity contribution in [1.82, 2.24) is 24.6 Å². The first kappa shape index (κ1) is 14.9. The van der Waals surface area contributed by atoms with Gasteiger partial charge in [0.15, 0.2) is 5.82 Å². The van der Waals surface area contributed by atoms with Crippen LogP contribution in [0.15, 0.2) is 42.7 Å². The number of aromatic nitrogens is 4. The van der Waals surface area contributed by atoms with E-state index >= 15 is 0 Å². The molecule has 0 bridgehead atoms. The highest BCUT2D eigenvalue weighted by Gasteiger charge is 2.20. The summed E-state index contributed by atoms with van der Waals surface area (Å²) in [6.45, 7) is 2.84. The minimum absolute atomic E-state index is 0.270. The van der Waals surface area contributed by atoms with E-state index in [0.29, 0.717) is 25.3 Å². The van der Waals surface area contributed by atoms with E-state index in [1.165, 1.54) is 18.3 Å². The van der Waals surface area contributed by atoms with E-state index in [1.54, 1.807) is 18.3 Å². The van der Waals surface area contributed by atoms with Crippen molar-refractivity contribution in [3.8, 4) is 11.4 Å². The van der Waals surface area contributed by atoms with E-state index in [9.17, 15) is 8.78 Å². The molecule has 0 fully saturated rings. The van der Waals surface area contributed by atoms with Crippen molar-refractivity contribution in [2.75, 3.05) is 6.54 Å². The van der Waals surface area contributed by atoms with Crippen LogP contribution in [0.4, 0.5) is 8.78 Å². The minimum atomic E-state index is -0.375. The highest BCUT2D eigenvalue weighted by Crippen LogP contribution is 2.23. The van der Waals surface area contributed by atoms with Crippen LogP contribution < -0.4 is 0 Å². The van der Waals surface area contributed by atoms with E-state index in [2.05, 4.69) is 20.0 Å². The third-order valence-electron chi connectivity index (χ3n) is 4.05. The summed E-state index contributed by atoms with van der Waals surface area (Å²) in [7, 11) is 0. The van der Waals surface area contributed by atoms with E-state index in [4.69, 9.17) is 0 Å². The zero-order valence-electron chi connectivity index (χ0n) is 12.9. The Bertz CT molecular complexity index is 860. The molecule has 4 rings (SSSR count). The maximum atomic E-state index is 13.9. The summed E-state index contributed by atoms with van der Waals surface area (Å²) in [6.07, 6.45) is 2.79. The molecule has 0 spiro atoms. The number of hydrogen-bond acceptors (Lipinski definition) is 4. The molecule has 1 aliphatic rings. The lowest BCUT2D eigenvalue weighted by Crippen LogP contribution is -2.33. The van der Waals surface area contributed by atoms with Crippen LogP contribution in [0, 0.1) is 11.6 Å². The zero-order valence-corrected chi connectivity index (χ0v) is 12.9. The van der Waals surface area contributed by atoms with Gasteiger partial charge in [0.25, 0.3) is 0 Å². The van der Waals surface area contributed by atoms with Gasteiger partial charge in [-0.1, -0.05) is 0 Å². The average molecular weight is 327 g/mol. The minimum Gasteiger partial charge on any atom is -0.290 e. The Morgan fingerprint density at radius 3 is 2.79 bits per heavy atom. The Morgan fingerprint density at radius 2 is 2.00 bits per heavy atom. The first-order valence-corrected chi connectivity index (χ1v) is 7.69. The maximum Gasteiger partial charge on any atom is 0.151 e. The van der Waals surface area contributed by atoms with Crippen LogP contribution in [0.5, 0.6) is 0 Å². The van der Waals surface area contributed by atoms with Crippen molar-refractivity contribution < 1.29 is 8.78 Å². The summed E-state index contributed by atoms with van der Waals surface area (Å²) >= 11 is 0. The monoisotopic (exact) mass is 327 g/mol. The summed E-state index contributed by atoms with van der Waals surface area (Å²) in [4.78, 5) is 10.4. The lowest BCUT2D eigenvalue weighted by Gasteiger charge is -2.27. The van der Waals surface area contributed by atoms with Crippen molar-refractivity contribution in [3.05, 3.63) is 65.7 Å². The molecule has 1 aliphatic heterocycles. The lowest BCUT2D eigenvalue weighted by molar-refractivity contribution is 0.203. The molecule has 0 aromatic carbocycles. The van der Waals surface area contributed by atoms with Crippen LogP contribution in [0.3, 0.4) is 0 Å². The third-order valence-corrected chi connectivity index (χ3v) is 4.05. The lowest BCUT2D eigenvalue weighted by atomic mass is 10.2. The zero-order chi connectivity index (χ0) is 16.5. The summed E-state index contributed by atoms with van der Waals surface area (Å²) in [6, 6.07) is 7.92. The fourth-order valence-corrected chi connectivity index (χ4v) is 2.87. The second-order valence-electron chi connectivity index (χ2n) is 5.76. The van der Waals surface area contributed by atoms with Gasteiger partial charge in [-0.3, -0.25) is 19.5 Å². The van der Waals surface area contributed by atoms with Crippen LogP contribution >= 0.6 is 0 Å². The van der Waals surface area contributed by atoms with Crippen LogP contribution in [0.25, 0.3) is 11.4 Å². The standard InChI is InChI=1S/C17H15F2N5/c18-12-3-4-13(21-9-12)10-23-6-7-24-14(11-23)8-16(22-24)17-15(19)2-1-5-20-17/h1-5,8-9H,6-7,10-11H2. The molecule has 3 aromatic rings. The number of rotatable bonds is 3. The van der Waals surface area contributed by atoms with Crippen molar-refractivity contribution in [2.45, 2.75) is 19.6 Å². The molecular formula is C17H15F2N5. The fourth-order valence-electron chi connectivity index (χ4n) is 2.87. The van der Waals surface area contributed by atoms with E-state index in [0.717, 1.165) is 17.9 Å². The summed E-state index contributed by atoms with van der Waals surface area (Å²) in [5.41, 5.74) is 2.64. The average Bonchev–Trinajstić information content (AvgIpc) is 3.00. The maximum absolute atomic E-state index is 13.9. The molecular weight excluding hydrogens is 312 g/mol. The van der Waals surface area contributed by atoms with Crippen molar-refractivity contribution in [2.24, 2.45) is 0 Å². The molecule has 0 aliphatic carbocycles. The van der Waals surface area contributed by atoms with Gasteiger partial charge in [0, 0.05) is 25.8 Å². The van der Waals surface area contributed by atoms with Crippen LogP contribution in [-0.4, -0.2) is 31.2 Å². The molecule has 0 saturated carbocycles. The fraction of sp³-hybridized carbons (Fsp3) is 0.235. The van der Waals surface area contributed by atoms with E-state index in [-0.39, 0.29) is 17.3 Å². The molecule has 0 unspecified atom stereocenters. The first-order chi connectivity index (χ1) is 11.7. The molecule has 4 heterocycles. The summed E-state index contributed by atoms with van der Waals surface area (Å²) in [5, 5.41) is 4.46. The molecule has 122 valence electrons. The quantitative estimate of drug-likeness (QED) is 0.742. The van der Waals surface area contributed by atoms with Crippen molar-refractivity contribution in [3.63, 3.8) is 0 Å². The second-order valence-corrected chi connectivity index (χ2v) is 5.76. The normalized spacial score (nSPS) is 14.6. The largest absolute Gasteiger partial charge is 0.290 e. The molecule has 24 heavy (non-hydrogen) atoms. The number of nitrogens with zero attached hydrogens (tertiary/aromatic N) is 5. The molecule has 0 amide bonds. The summed E-state index contributed by atoms with van der Waals surface area (Å²) < 4.78 is 28.7. The van der Waals surface area contributed by atoms with Crippen molar-refractivity contribution in [1.29, 1.82) is 0 Å². The van der Waals surface area contributed by atoms with Crippen molar-refractivity contribution >= 4 is 0 Å². The number of fused-ring (bicyclic) bond motifs is 1. The first-order valence-electron chi connectivity index (χ1n) is 7.69. The topological polar surface area (TPSA) is 46.8 Å². The van der Waals surface area contributed by atoms with Gasteiger partial charge >= 0.3 is 0 Å². The highest BCUT2D eigenvalue weighted by atomic mass is 19.1. The summed E-state index contributed by atoms with van der Waals surface area (Å²) in [5.74, 6) is -0.710. The molecule has 7 heteroatoms. The smallest absolute Gasteiger partial charge is 0.151 e. The number of halogens is 2. The van der Waals surface area contributed by atoms with E-state index in [1.807, 2.05) is 10.7 Å². The Morgan fingerprint density at radius 1 is 1.08 bits per heavy atom. The Hall–Kier alpha value is -2.67. The molecule has 0 atom stereocenters. The van der Waals surface area contributed by atoms with Gasteiger partial charge < -0.3 is 0 Å². The highest BCUT2D eigenvalue weighted by molar-refractivity contribution is 5.55. The van der Waals surface area contributed by atoms with Crippen LogP contribution in [0.2, 0.25) is 0 Å². The Kier molecular flexibility index (Phi) is 3.78. The van der Waals surface area contributed by atoms with E-state index < -0.39 is 0 Å². The van der Waals surface area contributed by atoms with Gasteiger partial charge in [0.1, 0.15) is 17.2 Å². The predicted octanol–water partition coefficient (Wildman–Crippen LogP) is 2.63. The molecule has 0 N–H and O–H groups in total. The SMILES string of the molecule is Fc1ccc(CN2CCn3nc(-c4ncccc4F)cc3C2)nc1. The molecule has 5 nitrogen and oxygen atoms in total. The van der Waals surface area contributed by atoms with Gasteiger partial charge in [-0.25, -0.2) is 8.78 Å². The van der Waals surface area contributed by atoms with Crippen LogP contribution in [-0.2, 0) is 19.6 Å². The van der Waals surface area contributed by atoms with Gasteiger partial charge in [-0.15, -0.1) is 0 Å². The molecule has 3 aromatic heterocycles. The van der Waals surface area contributed by atoms with Gasteiger partial charge in [0.2, 0.25) is 0 Å². The van der Waals surface area contributed by atoms with Gasteiger partial charge in [-0.05, 0) is 30.3 Å². The molecule has 0 saturated heterocycles. The Labute approximate surface area is 137 Å².